The quantitative estimate of drug-likeness (QED) is 0.830. The molecule has 94 valence electrons. The van der Waals surface area contributed by atoms with Crippen molar-refractivity contribution in [2.75, 3.05) is 7.05 Å². The van der Waals surface area contributed by atoms with Crippen molar-refractivity contribution in [1.29, 1.82) is 0 Å². The maximum atomic E-state index is 11.9. The van der Waals surface area contributed by atoms with Gasteiger partial charge in [0, 0.05) is 12.1 Å². The van der Waals surface area contributed by atoms with Gasteiger partial charge >= 0.3 is 0 Å². The topological polar surface area (TPSA) is 67.2 Å². The first-order valence-electron chi connectivity index (χ1n) is 6.10. The van der Waals surface area contributed by atoms with E-state index < -0.39 is 0 Å². The summed E-state index contributed by atoms with van der Waals surface area (Å²) in [6.45, 7) is 1.75. The molecule has 0 bridgehead atoms. The monoisotopic (exact) mass is 237 g/mol. The highest BCUT2D eigenvalue weighted by Crippen LogP contribution is 2.19. The molecular formula is C12H19N3O2. The Balaban J connectivity index is 1.86. The Hall–Kier alpha value is -1.36. The first-order valence-corrected chi connectivity index (χ1v) is 6.10. The zero-order valence-corrected chi connectivity index (χ0v) is 10.3. The van der Waals surface area contributed by atoms with Crippen LogP contribution in [0.15, 0.2) is 10.7 Å². The molecule has 0 aliphatic heterocycles. The Morgan fingerprint density at radius 1 is 1.35 bits per heavy atom. The molecule has 1 aromatic rings. The van der Waals surface area contributed by atoms with Gasteiger partial charge in [0.2, 0.25) is 0 Å². The largest absolute Gasteiger partial charge is 0.361 e. The van der Waals surface area contributed by atoms with Gasteiger partial charge in [0.15, 0.2) is 0 Å². The Labute approximate surface area is 101 Å². The molecule has 17 heavy (non-hydrogen) atoms. The lowest BCUT2D eigenvalue weighted by Crippen LogP contribution is -2.41. The van der Waals surface area contributed by atoms with Crippen LogP contribution in [0.25, 0.3) is 0 Å². The summed E-state index contributed by atoms with van der Waals surface area (Å²) in [5.41, 5.74) is 0.542. The third-order valence-electron chi connectivity index (χ3n) is 3.47. The number of hydrogen-bond acceptors (Lipinski definition) is 4. The molecule has 0 spiro atoms. The molecule has 1 heterocycles. The van der Waals surface area contributed by atoms with E-state index in [4.69, 9.17) is 4.52 Å². The van der Waals surface area contributed by atoms with Gasteiger partial charge in [-0.25, -0.2) is 0 Å². The van der Waals surface area contributed by atoms with E-state index in [9.17, 15) is 4.79 Å². The number of amides is 1. The molecule has 5 nitrogen and oxygen atoms in total. The number of hydrogen-bond donors (Lipinski definition) is 2. The summed E-state index contributed by atoms with van der Waals surface area (Å²) in [5.74, 6) is 0.503. The average molecular weight is 237 g/mol. The van der Waals surface area contributed by atoms with Gasteiger partial charge < -0.3 is 15.2 Å². The van der Waals surface area contributed by atoms with E-state index in [2.05, 4.69) is 15.8 Å². The molecule has 0 aromatic carbocycles. The van der Waals surface area contributed by atoms with Gasteiger partial charge in [0.1, 0.15) is 11.3 Å². The summed E-state index contributed by atoms with van der Waals surface area (Å²) in [4.78, 5) is 11.9. The SMILES string of the molecule is CNC1CCC(NC(=O)c2cnoc2C)CC1. The van der Waals surface area contributed by atoms with Crippen molar-refractivity contribution in [3.63, 3.8) is 0 Å². The van der Waals surface area contributed by atoms with Crippen molar-refractivity contribution >= 4 is 5.91 Å². The second-order valence-corrected chi connectivity index (χ2v) is 4.61. The van der Waals surface area contributed by atoms with Crippen LogP contribution in [0.5, 0.6) is 0 Å². The van der Waals surface area contributed by atoms with Crippen LogP contribution in [0.3, 0.4) is 0 Å². The van der Waals surface area contributed by atoms with E-state index in [1.54, 1.807) is 6.92 Å². The van der Waals surface area contributed by atoms with Gasteiger partial charge in [-0.3, -0.25) is 4.79 Å². The predicted molar refractivity (Wildman–Crippen MR) is 63.8 cm³/mol. The summed E-state index contributed by atoms with van der Waals surface area (Å²) in [7, 11) is 1.99. The van der Waals surface area contributed by atoms with Crippen LogP contribution in [0, 0.1) is 6.92 Å². The van der Waals surface area contributed by atoms with Crippen LogP contribution in [0.1, 0.15) is 41.8 Å². The van der Waals surface area contributed by atoms with Gasteiger partial charge in [-0.1, -0.05) is 5.16 Å². The molecule has 0 atom stereocenters. The van der Waals surface area contributed by atoms with Gasteiger partial charge in [-0.05, 0) is 39.7 Å². The fraction of sp³-hybridized carbons (Fsp3) is 0.667. The molecule has 1 amide bonds. The van der Waals surface area contributed by atoms with E-state index in [1.165, 1.54) is 6.20 Å². The summed E-state index contributed by atoms with van der Waals surface area (Å²) < 4.78 is 4.89. The number of carbonyl (C=O) groups excluding carboxylic acids is 1. The smallest absolute Gasteiger partial charge is 0.256 e. The number of aryl methyl sites for hydroxylation is 1. The third kappa shape index (κ3) is 2.85. The van der Waals surface area contributed by atoms with E-state index in [0.717, 1.165) is 25.7 Å². The zero-order valence-electron chi connectivity index (χ0n) is 10.3. The maximum absolute atomic E-state index is 11.9. The summed E-state index contributed by atoms with van der Waals surface area (Å²) in [6.07, 6.45) is 5.77. The van der Waals surface area contributed by atoms with Crippen molar-refractivity contribution in [2.24, 2.45) is 0 Å². The van der Waals surface area contributed by atoms with Crippen molar-refractivity contribution in [2.45, 2.75) is 44.7 Å². The first-order chi connectivity index (χ1) is 8.20. The van der Waals surface area contributed by atoms with Crippen molar-refractivity contribution in [3.05, 3.63) is 17.5 Å². The lowest BCUT2D eigenvalue weighted by atomic mass is 9.91. The van der Waals surface area contributed by atoms with E-state index in [0.29, 0.717) is 17.4 Å². The highest BCUT2D eigenvalue weighted by atomic mass is 16.5. The minimum absolute atomic E-state index is 0.0725. The third-order valence-corrected chi connectivity index (χ3v) is 3.47. The lowest BCUT2D eigenvalue weighted by Gasteiger charge is -2.28. The van der Waals surface area contributed by atoms with Gasteiger partial charge in [-0.2, -0.15) is 0 Å². The van der Waals surface area contributed by atoms with Crippen molar-refractivity contribution in [1.82, 2.24) is 15.8 Å². The summed E-state index contributed by atoms with van der Waals surface area (Å²) in [6, 6.07) is 0.877. The number of aromatic nitrogens is 1. The second kappa shape index (κ2) is 5.31. The molecule has 1 fully saturated rings. The normalized spacial score (nSPS) is 24.6. The van der Waals surface area contributed by atoms with E-state index >= 15 is 0 Å². The molecule has 1 aromatic heterocycles. The number of rotatable bonds is 3. The molecule has 1 aliphatic rings. The molecular weight excluding hydrogens is 218 g/mol. The van der Waals surface area contributed by atoms with Gasteiger partial charge in [0.25, 0.3) is 5.91 Å². The number of nitrogens with zero attached hydrogens (tertiary/aromatic N) is 1. The molecule has 2 N–H and O–H groups in total. The zero-order chi connectivity index (χ0) is 12.3. The second-order valence-electron chi connectivity index (χ2n) is 4.61. The average Bonchev–Trinajstić information content (AvgIpc) is 2.76. The van der Waals surface area contributed by atoms with Gasteiger partial charge in [0.05, 0.1) is 6.20 Å². The van der Waals surface area contributed by atoms with E-state index in [-0.39, 0.29) is 11.9 Å². The Morgan fingerprint density at radius 3 is 2.53 bits per heavy atom. The fourth-order valence-electron chi connectivity index (χ4n) is 2.31. The van der Waals surface area contributed by atoms with Crippen molar-refractivity contribution < 1.29 is 9.32 Å². The highest BCUT2D eigenvalue weighted by Gasteiger charge is 2.22. The molecule has 0 radical (unpaired) electrons. The van der Waals surface area contributed by atoms with Crippen LogP contribution < -0.4 is 10.6 Å². The van der Waals surface area contributed by atoms with E-state index in [1.807, 2.05) is 7.05 Å². The molecule has 5 heteroatoms. The Morgan fingerprint density at radius 2 is 2.00 bits per heavy atom. The van der Waals surface area contributed by atoms with Crippen LogP contribution in [-0.2, 0) is 0 Å². The predicted octanol–water partition coefficient (Wildman–Crippen LogP) is 1.24. The first kappa shape index (κ1) is 12.1. The van der Waals surface area contributed by atoms with Crippen LogP contribution >= 0.6 is 0 Å². The molecule has 2 rings (SSSR count). The summed E-state index contributed by atoms with van der Waals surface area (Å²) >= 11 is 0. The highest BCUT2D eigenvalue weighted by molar-refractivity contribution is 5.94. The number of carbonyl (C=O) groups is 1. The number of nitrogens with one attached hydrogen (secondary N) is 2. The Kier molecular flexibility index (Phi) is 3.78. The molecule has 0 unspecified atom stereocenters. The molecule has 1 aliphatic carbocycles. The minimum atomic E-state index is -0.0725. The fourth-order valence-corrected chi connectivity index (χ4v) is 2.31. The standard InChI is InChI=1S/C12H19N3O2/c1-8-11(7-14-17-8)12(16)15-10-5-3-9(13-2)4-6-10/h7,9-10,13H,3-6H2,1-2H3,(H,15,16). The molecule has 1 saturated carbocycles. The van der Waals surface area contributed by atoms with Crippen molar-refractivity contribution in [3.8, 4) is 0 Å². The maximum Gasteiger partial charge on any atom is 0.256 e. The Bertz CT molecular complexity index is 381. The van der Waals surface area contributed by atoms with Gasteiger partial charge in [-0.15, -0.1) is 0 Å². The van der Waals surface area contributed by atoms with Crippen LogP contribution in [0.4, 0.5) is 0 Å². The lowest BCUT2D eigenvalue weighted by molar-refractivity contribution is 0.0923. The van der Waals surface area contributed by atoms with Crippen LogP contribution in [-0.4, -0.2) is 30.2 Å². The molecule has 0 saturated heterocycles. The van der Waals surface area contributed by atoms with Crippen LogP contribution in [0.2, 0.25) is 0 Å². The summed E-state index contributed by atoms with van der Waals surface area (Å²) in [5, 5.41) is 9.93. The minimum Gasteiger partial charge on any atom is -0.361 e.